The van der Waals surface area contributed by atoms with Crippen LogP contribution >= 0.6 is 0 Å². The Morgan fingerprint density at radius 2 is 2.08 bits per heavy atom. The first-order chi connectivity index (χ1) is 12.4. The molecular weight excluding hydrogens is 340 g/mol. The number of halogens is 2. The van der Waals surface area contributed by atoms with Crippen LogP contribution in [0.1, 0.15) is 12.1 Å². The van der Waals surface area contributed by atoms with Crippen molar-refractivity contribution in [3.8, 4) is 0 Å². The van der Waals surface area contributed by atoms with Gasteiger partial charge in [0.05, 0.1) is 30.2 Å². The monoisotopic (exact) mass is 359 g/mol. The molecule has 5 nitrogen and oxygen atoms in total. The van der Waals surface area contributed by atoms with Crippen molar-refractivity contribution in [1.29, 1.82) is 0 Å². The molecule has 1 aromatic carbocycles. The zero-order valence-electron chi connectivity index (χ0n) is 14.1. The summed E-state index contributed by atoms with van der Waals surface area (Å²) in [6, 6.07) is 11.2. The van der Waals surface area contributed by atoms with Crippen LogP contribution in [0.5, 0.6) is 0 Å². The van der Waals surface area contributed by atoms with Crippen LogP contribution in [-0.2, 0) is 16.1 Å². The van der Waals surface area contributed by atoms with Gasteiger partial charge in [-0.15, -0.1) is 0 Å². The van der Waals surface area contributed by atoms with Gasteiger partial charge in [-0.3, -0.25) is 14.6 Å². The number of amides is 2. The number of benzene rings is 1. The van der Waals surface area contributed by atoms with Crippen molar-refractivity contribution in [3.63, 3.8) is 0 Å². The summed E-state index contributed by atoms with van der Waals surface area (Å²) in [6.07, 6.45) is 0.403. The van der Waals surface area contributed by atoms with E-state index in [0.717, 1.165) is 21.9 Å². The van der Waals surface area contributed by atoms with Gasteiger partial charge in [0.1, 0.15) is 0 Å². The number of piperidine rings is 1. The maximum absolute atomic E-state index is 13.9. The molecule has 7 heteroatoms. The van der Waals surface area contributed by atoms with Gasteiger partial charge in [0.2, 0.25) is 11.8 Å². The van der Waals surface area contributed by atoms with E-state index in [4.69, 9.17) is 0 Å². The van der Waals surface area contributed by atoms with E-state index in [9.17, 15) is 18.4 Å². The summed E-state index contributed by atoms with van der Waals surface area (Å²) >= 11 is 0. The van der Waals surface area contributed by atoms with Crippen molar-refractivity contribution in [3.05, 3.63) is 54.7 Å². The Hall–Kier alpha value is -2.83. The lowest BCUT2D eigenvalue weighted by Crippen LogP contribution is -2.52. The predicted octanol–water partition coefficient (Wildman–Crippen LogP) is 2.52. The summed E-state index contributed by atoms with van der Waals surface area (Å²) in [5.41, 5.74) is 1.44. The molecule has 1 aromatic heterocycles. The number of nitrogens with one attached hydrogen (secondary N) is 1. The summed E-state index contributed by atoms with van der Waals surface area (Å²) in [5, 5.41) is 3.63. The second-order valence-electron chi connectivity index (χ2n) is 6.39. The molecule has 2 amide bonds. The van der Waals surface area contributed by atoms with Gasteiger partial charge in [0, 0.05) is 18.4 Å². The highest BCUT2D eigenvalue weighted by Gasteiger charge is 2.43. The standard InChI is InChI=1S/C19H19F2N3O2/c1-2-17(25)24-11-14(9-19(20,21)12-24)18(26)22-10-15-8-7-13-5-3-4-6-16(13)23-15/h2-8,14H,1,9-12H2,(H,22,26). The van der Waals surface area contributed by atoms with Gasteiger partial charge in [0.15, 0.2) is 0 Å². The number of hydrogen-bond donors (Lipinski definition) is 1. The van der Waals surface area contributed by atoms with Crippen molar-refractivity contribution >= 4 is 22.7 Å². The number of rotatable bonds is 4. The van der Waals surface area contributed by atoms with Crippen LogP contribution in [0, 0.1) is 5.92 Å². The third-order valence-electron chi connectivity index (χ3n) is 4.36. The number of hydrogen-bond acceptors (Lipinski definition) is 3. The Morgan fingerprint density at radius 3 is 2.85 bits per heavy atom. The molecular formula is C19H19F2N3O2. The Bertz CT molecular complexity index is 854. The highest BCUT2D eigenvalue weighted by atomic mass is 19.3. The number of para-hydroxylation sites is 1. The van der Waals surface area contributed by atoms with Crippen molar-refractivity contribution in [2.24, 2.45) is 5.92 Å². The number of pyridine rings is 1. The number of fused-ring (bicyclic) bond motifs is 1. The summed E-state index contributed by atoms with van der Waals surface area (Å²) in [5.74, 6) is -5.18. The maximum atomic E-state index is 13.9. The van der Waals surface area contributed by atoms with Crippen LogP contribution < -0.4 is 5.32 Å². The molecule has 136 valence electrons. The molecule has 0 bridgehead atoms. The molecule has 1 N–H and O–H groups in total. The van der Waals surface area contributed by atoms with E-state index in [1.165, 1.54) is 0 Å². The Kier molecular flexibility index (Phi) is 4.97. The van der Waals surface area contributed by atoms with E-state index in [1.807, 2.05) is 30.3 Å². The molecule has 1 saturated heterocycles. The second kappa shape index (κ2) is 7.19. The highest BCUT2D eigenvalue weighted by Crippen LogP contribution is 2.30. The molecule has 3 rings (SSSR count). The first kappa shape index (κ1) is 18.0. The molecule has 1 aliphatic heterocycles. The van der Waals surface area contributed by atoms with Crippen molar-refractivity contribution in [1.82, 2.24) is 15.2 Å². The molecule has 1 atom stereocenters. The maximum Gasteiger partial charge on any atom is 0.266 e. The highest BCUT2D eigenvalue weighted by molar-refractivity contribution is 5.88. The molecule has 0 saturated carbocycles. The second-order valence-corrected chi connectivity index (χ2v) is 6.39. The van der Waals surface area contributed by atoms with Crippen LogP contribution in [0.4, 0.5) is 8.78 Å². The van der Waals surface area contributed by atoms with Crippen molar-refractivity contribution in [2.75, 3.05) is 13.1 Å². The smallest absolute Gasteiger partial charge is 0.266 e. The molecule has 1 aliphatic rings. The first-order valence-electron chi connectivity index (χ1n) is 8.29. The van der Waals surface area contributed by atoms with Crippen molar-refractivity contribution < 1.29 is 18.4 Å². The minimum Gasteiger partial charge on any atom is -0.350 e. The van der Waals surface area contributed by atoms with Gasteiger partial charge in [-0.2, -0.15) is 0 Å². The Balaban J connectivity index is 1.66. The lowest BCUT2D eigenvalue weighted by atomic mass is 9.94. The van der Waals surface area contributed by atoms with E-state index in [0.29, 0.717) is 5.69 Å². The van der Waals surface area contributed by atoms with Crippen LogP contribution in [0.2, 0.25) is 0 Å². The fourth-order valence-electron chi connectivity index (χ4n) is 3.10. The zero-order chi connectivity index (χ0) is 18.7. The van der Waals surface area contributed by atoms with Gasteiger partial charge < -0.3 is 10.2 Å². The van der Waals surface area contributed by atoms with Crippen LogP contribution in [-0.4, -0.2) is 40.7 Å². The van der Waals surface area contributed by atoms with Gasteiger partial charge in [-0.25, -0.2) is 8.78 Å². The van der Waals surface area contributed by atoms with E-state index in [2.05, 4.69) is 16.9 Å². The summed E-state index contributed by atoms with van der Waals surface area (Å²) in [7, 11) is 0. The summed E-state index contributed by atoms with van der Waals surface area (Å²) in [4.78, 5) is 29.4. The van der Waals surface area contributed by atoms with Gasteiger partial charge >= 0.3 is 0 Å². The predicted molar refractivity (Wildman–Crippen MR) is 93.4 cm³/mol. The fraction of sp³-hybridized carbons (Fsp3) is 0.316. The molecule has 2 aromatic rings. The number of likely N-dealkylation sites (tertiary alicyclic amines) is 1. The number of alkyl halides is 2. The molecule has 0 spiro atoms. The average Bonchev–Trinajstić information content (AvgIpc) is 2.63. The molecule has 1 fully saturated rings. The van der Waals surface area contributed by atoms with E-state index in [-0.39, 0.29) is 13.1 Å². The fourth-order valence-corrected chi connectivity index (χ4v) is 3.10. The number of carbonyl (C=O) groups is 2. The van der Waals surface area contributed by atoms with Gasteiger partial charge in [-0.05, 0) is 18.2 Å². The first-order valence-corrected chi connectivity index (χ1v) is 8.29. The van der Waals surface area contributed by atoms with E-state index < -0.39 is 36.6 Å². The van der Waals surface area contributed by atoms with E-state index in [1.54, 1.807) is 6.07 Å². The topological polar surface area (TPSA) is 62.3 Å². The summed E-state index contributed by atoms with van der Waals surface area (Å²) < 4.78 is 27.8. The van der Waals surface area contributed by atoms with Crippen LogP contribution in [0.25, 0.3) is 10.9 Å². The van der Waals surface area contributed by atoms with Crippen molar-refractivity contribution in [2.45, 2.75) is 18.9 Å². The van der Waals surface area contributed by atoms with Crippen LogP contribution in [0.15, 0.2) is 49.1 Å². The SMILES string of the molecule is C=CC(=O)N1CC(C(=O)NCc2ccc3ccccc3n2)CC(F)(F)C1. The van der Waals surface area contributed by atoms with Crippen LogP contribution in [0.3, 0.4) is 0 Å². The van der Waals surface area contributed by atoms with Gasteiger partial charge in [-0.1, -0.05) is 30.8 Å². The molecule has 26 heavy (non-hydrogen) atoms. The minimum atomic E-state index is -3.10. The van der Waals surface area contributed by atoms with E-state index >= 15 is 0 Å². The molecule has 2 heterocycles. The number of carbonyl (C=O) groups excluding carboxylic acids is 2. The quantitative estimate of drug-likeness (QED) is 0.854. The third-order valence-corrected chi connectivity index (χ3v) is 4.36. The molecule has 1 unspecified atom stereocenters. The number of nitrogens with zero attached hydrogens (tertiary/aromatic N) is 2. The molecule has 0 radical (unpaired) electrons. The lowest BCUT2D eigenvalue weighted by Gasteiger charge is -2.36. The third kappa shape index (κ3) is 4.04. The molecule has 0 aliphatic carbocycles. The Morgan fingerprint density at radius 1 is 1.31 bits per heavy atom. The summed E-state index contributed by atoms with van der Waals surface area (Å²) in [6.45, 7) is 2.72. The van der Waals surface area contributed by atoms with Gasteiger partial charge in [0.25, 0.3) is 5.92 Å². The zero-order valence-corrected chi connectivity index (χ0v) is 14.1. The minimum absolute atomic E-state index is 0.0442. The normalized spacial score (nSPS) is 19.2. The number of aromatic nitrogens is 1. The Labute approximate surface area is 149 Å². The lowest BCUT2D eigenvalue weighted by molar-refractivity contribution is -0.147. The largest absolute Gasteiger partial charge is 0.350 e. The average molecular weight is 359 g/mol.